The predicted octanol–water partition coefficient (Wildman–Crippen LogP) is 4.16. The molecule has 1 amide bonds. The normalized spacial score (nSPS) is 12.0. The van der Waals surface area contributed by atoms with Crippen molar-refractivity contribution in [3.05, 3.63) is 71.0 Å². The molecule has 0 radical (unpaired) electrons. The molecule has 0 saturated heterocycles. The average Bonchev–Trinajstić information content (AvgIpc) is 3.11. The molecule has 0 fully saturated rings. The summed E-state index contributed by atoms with van der Waals surface area (Å²) in [5.74, 6) is 0.266. The number of aromatic nitrogens is 3. The Hall–Kier alpha value is -2.60. The molecule has 6 heteroatoms. The predicted molar refractivity (Wildman–Crippen MR) is 109 cm³/mol. The zero-order chi connectivity index (χ0) is 19.4. The molecule has 1 N–H and O–H groups in total. The maximum absolute atomic E-state index is 12.3. The van der Waals surface area contributed by atoms with Gasteiger partial charge in [-0.25, -0.2) is 0 Å². The van der Waals surface area contributed by atoms with E-state index in [0.717, 1.165) is 11.3 Å². The number of carbonyl (C=O) groups excluding carboxylic acids is 1. The standard InChI is InChI=1S/C21H24N4OS/c1-14-5-8-18(9-6-14)17(4)23-20(26)12-27-21-24-22-13-25(21)19-10-7-15(2)16(3)11-19/h5-11,13,17H,12H2,1-4H3,(H,23,26). The number of benzene rings is 2. The highest BCUT2D eigenvalue weighted by Crippen LogP contribution is 2.21. The Morgan fingerprint density at radius 3 is 2.56 bits per heavy atom. The van der Waals surface area contributed by atoms with E-state index < -0.39 is 0 Å². The van der Waals surface area contributed by atoms with E-state index >= 15 is 0 Å². The summed E-state index contributed by atoms with van der Waals surface area (Å²) in [6.45, 7) is 8.20. The molecule has 0 spiro atoms. The van der Waals surface area contributed by atoms with E-state index in [1.54, 1.807) is 6.33 Å². The van der Waals surface area contributed by atoms with Gasteiger partial charge in [0.1, 0.15) is 6.33 Å². The van der Waals surface area contributed by atoms with Crippen molar-refractivity contribution in [2.24, 2.45) is 0 Å². The van der Waals surface area contributed by atoms with Crippen molar-refractivity contribution in [2.45, 2.75) is 38.9 Å². The van der Waals surface area contributed by atoms with Gasteiger partial charge in [0.05, 0.1) is 11.8 Å². The Balaban J connectivity index is 1.62. The molecule has 0 bridgehead atoms. The molecular weight excluding hydrogens is 356 g/mol. The second-order valence-electron chi connectivity index (χ2n) is 6.74. The van der Waals surface area contributed by atoms with Crippen LogP contribution in [0.4, 0.5) is 0 Å². The Morgan fingerprint density at radius 2 is 1.85 bits per heavy atom. The number of thioether (sulfide) groups is 1. The van der Waals surface area contributed by atoms with Gasteiger partial charge in [0.15, 0.2) is 5.16 Å². The first-order valence-electron chi connectivity index (χ1n) is 8.90. The number of nitrogens with one attached hydrogen (secondary N) is 1. The van der Waals surface area contributed by atoms with E-state index in [1.165, 1.54) is 28.5 Å². The van der Waals surface area contributed by atoms with Crippen LogP contribution in [0.1, 0.15) is 35.2 Å². The number of rotatable bonds is 6. The molecule has 0 aliphatic carbocycles. The molecule has 1 unspecified atom stereocenters. The first-order chi connectivity index (χ1) is 12.9. The molecule has 0 saturated carbocycles. The van der Waals surface area contributed by atoms with Crippen molar-refractivity contribution in [1.29, 1.82) is 0 Å². The van der Waals surface area contributed by atoms with Crippen molar-refractivity contribution in [2.75, 3.05) is 5.75 Å². The topological polar surface area (TPSA) is 59.8 Å². The number of carbonyl (C=O) groups is 1. The van der Waals surface area contributed by atoms with Gasteiger partial charge < -0.3 is 5.32 Å². The molecule has 0 aliphatic heterocycles. The summed E-state index contributed by atoms with van der Waals surface area (Å²) in [6, 6.07) is 14.4. The molecule has 140 valence electrons. The van der Waals surface area contributed by atoms with Crippen LogP contribution in [0.2, 0.25) is 0 Å². The number of amides is 1. The average molecular weight is 381 g/mol. The van der Waals surface area contributed by atoms with Crippen LogP contribution < -0.4 is 5.32 Å². The van der Waals surface area contributed by atoms with Gasteiger partial charge in [-0.05, 0) is 56.5 Å². The number of nitrogens with zero attached hydrogens (tertiary/aromatic N) is 3. The summed E-state index contributed by atoms with van der Waals surface area (Å²) >= 11 is 1.38. The number of hydrogen-bond acceptors (Lipinski definition) is 4. The van der Waals surface area contributed by atoms with Crippen molar-refractivity contribution < 1.29 is 4.79 Å². The molecule has 3 aromatic rings. The number of aryl methyl sites for hydroxylation is 3. The Bertz CT molecular complexity index is 934. The third-order valence-corrected chi connectivity index (χ3v) is 5.52. The summed E-state index contributed by atoms with van der Waals surface area (Å²) in [4.78, 5) is 12.3. The summed E-state index contributed by atoms with van der Waals surface area (Å²) < 4.78 is 1.91. The Labute approximate surface area is 164 Å². The van der Waals surface area contributed by atoms with Gasteiger partial charge in [0.2, 0.25) is 5.91 Å². The molecule has 1 aromatic heterocycles. The lowest BCUT2D eigenvalue weighted by Crippen LogP contribution is -2.28. The highest BCUT2D eigenvalue weighted by molar-refractivity contribution is 7.99. The van der Waals surface area contributed by atoms with Crippen LogP contribution in [0.3, 0.4) is 0 Å². The molecule has 3 rings (SSSR count). The lowest BCUT2D eigenvalue weighted by Gasteiger charge is -2.14. The maximum atomic E-state index is 12.3. The third kappa shape index (κ3) is 4.77. The van der Waals surface area contributed by atoms with Crippen LogP contribution >= 0.6 is 11.8 Å². The summed E-state index contributed by atoms with van der Waals surface area (Å²) in [7, 11) is 0. The number of hydrogen-bond donors (Lipinski definition) is 1. The van der Waals surface area contributed by atoms with Gasteiger partial charge >= 0.3 is 0 Å². The zero-order valence-corrected chi connectivity index (χ0v) is 16.9. The van der Waals surface area contributed by atoms with E-state index in [1.807, 2.05) is 29.7 Å². The summed E-state index contributed by atoms with van der Waals surface area (Å²) in [5, 5.41) is 11.9. The Kier molecular flexibility index (Phi) is 5.96. The van der Waals surface area contributed by atoms with Gasteiger partial charge in [0, 0.05) is 5.69 Å². The Morgan fingerprint density at radius 1 is 1.11 bits per heavy atom. The molecule has 5 nitrogen and oxygen atoms in total. The first-order valence-corrected chi connectivity index (χ1v) is 9.89. The molecule has 0 aliphatic rings. The van der Waals surface area contributed by atoms with E-state index in [4.69, 9.17) is 0 Å². The monoisotopic (exact) mass is 380 g/mol. The van der Waals surface area contributed by atoms with Crippen LogP contribution in [0, 0.1) is 20.8 Å². The van der Waals surface area contributed by atoms with E-state index in [0.29, 0.717) is 10.9 Å². The van der Waals surface area contributed by atoms with Gasteiger partial charge in [-0.3, -0.25) is 9.36 Å². The lowest BCUT2D eigenvalue weighted by atomic mass is 10.1. The smallest absolute Gasteiger partial charge is 0.230 e. The second-order valence-corrected chi connectivity index (χ2v) is 7.68. The van der Waals surface area contributed by atoms with Crippen molar-refractivity contribution in [3.63, 3.8) is 0 Å². The van der Waals surface area contributed by atoms with Gasteiger partial charge in [-0.15, -0.1) is 10.2 Å². The third-order valence-electron chi connectivity index (χ3n) is 4.57. The van der Waals surface area contributed by atoms with Gasteiger partial charge in [-0.1, -0.05) is 47.7 Å². The van der Waals surface area contributed by atoms with Crippen molar-refractivity contribution >= 4 is 17.7 Å². The van der Waals surface area contributed by atoms with Crippen molar-refractivity contribution in [1.82, 2.24) is 20.1 Å². The van der Waals surface area contributed by atoms with E-state index in [-0.39, 0.29) is 11.9 Å². The SMILES string of the molecule is Cc1ccc(C(C)NC(=O)CSc2nncn2-c2ccc(C)c(C)c2)cc1. The minimum atomic E-state index is -0.0312. The zero-order valence-electron chi connectivity index (χ0n) is 16.1. The van der Waals surface area contributed by atoms with E-state index in [2.05, 4.69) is 60.6 Å². The highest BCUT2D eigenvalue weighted by Gasteiger charge is 2.13. The minimum Gasteiger partial charge on any atom is -0.349 e. The minimum absolute atomic E-state index is 0.0253. The van der Waals surface area contributed by atoms with Crippen molar-refractivity contribution in [3.8, 4) is 5.69 Å². The lowest BCUT2D eigenvalue weighted by molar-refractivity contribution is -0.119. The first kappa shape index (κ1) is 19.2. The maximum Gasteiger partial charge on any atom is 0.230 e. The second kappa shape index (κ2) is 8.39. The van der Waals surface area contributed by atoms with Crippen LogP contribution in [0.25, 0.3) is 5.69 Å². The fraction of sp³-hybridized carbons (Fsp3) is 0.286. The summed E-state index contributed by atoms with van der Waals surface area (Å²) in [6.07, 6.45) is 1.68. The van der Waals surface area contributed by atoms with Crippen LogP contribution in [-0.4, -0.2) is 26.4 Å². The van der Waals surface area contributed by atoms with Crippen LogP contribution in [0.15, 0.2) is 53.9 Å². The highest BCUT2D eigenvalue weighted by atomic mass is 32.2. The molecule has 2 aromatic carbocycles. The molecule has 27 heavy (non-hydrogen) atoms. The van der Waals surface area contributed by atoms with Gasteiger partial charge in [0.25, 0.3) is 0 Å². The van der Waals surface area contributed by atoms with Gasteiger partial charge in [-0.2, -0.15) is 0 Å². The molecular formula is C21H24N4OS. The van der Waals surface area contributed by atoms with Crippen LogP contribution in [-0.2, 0) is 4.79 Å². The summed E-state index contributed by atoms with van der Waals surface area (Å²) in [5.41, 5.74) is 5.75. The quantitative estimate of drug-likeness (QED) is 0.652. The largest absolute Gasteiger partial charge is 0.349 e. The van der Waals surface area contributed by atoms with Crippen LogP contribution in [0.5, 0.6) is 0 Å². The molecule has 1 heterocycles. The molecule has 1 atom stereocenters. The fourth-order valence-corrected chi connectivity index (χ4v) is 3.47. The fourth-order valence-electron chi connectivity index (χ4n) is 2.73. The van der Waals surface area contributed by atoms with E-state index in [9.17, 15) is 4.79 Å².